The van der Waals surface area contributed by atoms with E-state index in [9.17, 15) is 10.1 Å². The first kappa shape index (κ1) is 20.4. The van der Waals surface area contributed by atoms with Gasteiger partial charge in [-0.25, -0.2) is 0 Å². The summed E-state index contributed by atoms with van der Waals surface area (Å²) in [4.78, 5) is 4.47. The van der Waals surface area contributed by atoms with Gasteiger partial charge in [-0.05, 0) is 72.9 Å². The van der Waals surface area contributed by atoms with Crippen molar-refractivity contribution in [2.24, 2.45) is 0 Å². The lowest BCUT2D eigenvalue weighted by atomic mass is 9.78. The minimum absolute atomic E-state index is 0.127. The van der Waals surface area contributed by atoms with Crippen LogP contribution >= 0.6 is 11.6 Å². The van der Waals surface area contributed by atoms with Crippen molar-refractivity contribution in [3.8, 4) is 5.75 Å². The van der Waals surface area contributed by atoms with Gasteiger partial charge in [-0.1, -0.05) is 35.9 Å². The van der Waals surface area contributed by atoms with Gasteiger partial charge in [0.15, 0.2) is 0 Å². The van der Waals surface area contributed by atoms with Gasteiger partial charge in [0.05, 0.1) is 16.8 Å². The maximum atomic E-state index is 9.89. The minimum Gasteiger partial charge on any atom is -0.508 e. The van der Waals surface area contributed by atoms with Crippen molar-refractivity contribution in [1.82, 2.24) is 4.98 Å². The molecule has 2 N–H and O–H groups in total. The molecule has 0 bridgehead atoms. The summed E-state index contributed by atoms with van der Waals surface area (Å²) < 4.78 is 5.76. The highest BCUT2D eigenvalue weighted by Gasteiger charge is 2.27. The molecule has 0 radical (unpaired) electrons. The zero-order valence-electron chi connectivity index (χ0n) is 15.8. The van der Waals surface area contributed by atoms with Gasteiger partial charge in [-0.2, -0.15) is 0 Å². The number of pyridine rings is 1. The lowest BCUT2D eigenvalue weighted by Gasteiger charge is -2.27. The molecule has 1 aromatic heterocycles. The third-order valence-corrected chi connectivity index (χ3v) is 5.01. The number of halogens is 1. The Morgan fingerprint density at radius 2 is 2.21 bits per heavy atom. The second-order valence-electron chi connectivity index (χ2n) is 6.88. The highest BCUT2D eigenvalue weighted by atomic mass is 35.5. The molecule has 3 rings (SSSR count). The van der Waals surface area contributed by atoms with E-state index in [0.29, 0.717) is 24.2 Å². The summed E-state index contributed by atoms with van der Waals surface area (Å²) in [6.07, 6.45) is 7.34. The summed E-state index contributed by atoms with van der Waals surface area (Å²) in [6.45, 7) is 5.98. The smallest absolute Gasteiger partial charge is 0.458 e. The summed E-state index contributed by atoms with van der Waals surface area (Å²) in [7, 11) is -0.790. The van der Waals surface area contributed by atoms with Crippen LogP contribution in [0.1, 0.15) is 31.0 Å². The average molecular weight is 396 g/mol. The molecule has 1 unspecified atom stereocenters. The Kier molecular flexibility index (Phi) is 6.73. The van der Waals surface area contributed by atoms with Gasteiger partial charge in [0.2, 0.25) is 0 Å². The number of hydrogen-bond acceptors (Lipinski definition) is 4. The number of aromatic nitrogens is 1. The molecule has 2 aromatic rings. The van der Waals surface area contributed by atoms with Gasteiger partial charge >= 0.3 is 7.12 Å². The number of phenolic OH excluding ortho intramolecular Hbond substituents is 1. The van der Waals surface area contributed by atoms with Gasteiger partial charge in [0, 0.05) is 12.5 Å². The van der Waals surface area contributed by atoms with Crippen molar-refractivity contribution < 1.29 is 14.8 Å². The van der Waals surface area contributed by atoms with E-state index in [2.05, 4.69) is 11.6 Å². The SMILES string of the molecule is C=C(C)C1=CCB(O)OC1CC/C(=C/c1ccc(O)cc1Cl)c1ccccn1. The van der Waals surface area contributed by atoms with Crippen molar-refractivity contribution in [2.45, 2.75) is 32.2 Å². The van der Waals surface area contributed by atoms with Crippen LogP contribution in [0, 0.1) is 0 Å². The van der Waals surface area contributed by atoms with Crippen LogP contribution in [-0.4, -0.2) is 28.3 Å². The van der Waals surface area contributed by atoms with Crippen LogP contribution in [0.25, 0.3) is 11.6 Å². The third kappa shape index (κ3) is 5.13. The predicted octanol–water partition coefficient (Wildman–Crippen LogP) is 5.14. The number of phenols is 1. The molecule has 0 saturated heterocycles. The molecular weight excluding hydrogens is 373 g/mol. The molecule has 1 aliphatic heterocycles. The molecule has 28 heavy (non-hydrogen) atoms. The van der Waals surface area contributed by atoms with Crippen molar-refractivity contribution in [3.63, 3.8) is 0 Å². The van der Waals surface area contributed by atoms with Gasteiger partial charge in [0.1, 0.15) is 5.75 Å². The maximum absolute atomic E-state index is 9.89. The normalized spacial score (nSPS) is 17.4. The summed E-state index contributed by atoms with van der Waals surface area (Å²) >= 11 is 6.29. The number of aromatic hydroxyl groups is 1. The molecule has 6 heteroatoms. The van der Waals surface area contributed by atoms with E-state index in [1.165, 1.54) is 6.07 Å². The first-order valence-electron chi connectivity index (χ1n) is 9.24. The summed E-state index contributed by atoms with van der Waals surface area (Å²) in [5.41, 5.74) is 4.64. The number of hydrogen-bond donors (Lipinski definition) is 2. The Hall–Kier alpha value is -2.34. The Labute approximate surface area is 171 Å². The van der Waals surface area contributed by atoms with Crippen LogP contribution in [0.3, 0.4) is 0 Å². The van der Waals surface area contributed by atoms with Crippen LogP contribution < -0.4 is 0 Å². The van der Waals surface area contributed by atoms with E-state index < -0.39 is 7.12 Å². The first-order chi connectivity index (χ1) is 13.4. The largest absolute Gasteiger partial charge is 0.508 e. The molecule has 0 aliphatic carbocycles. The zero-order valence-corrected chi connectivity index (χ0v) is 16.6. The molecule has 144 valence electrons. The van der Waals surface area contributed by atoms with E-state index in [-0.39, 0.29) is 11.9 Å². The number of nitrogens with zero attached hydrogens (tertiary/aromatic N) is 1. The molecule has 1 aliphatic rings. The zero-order chi connectivity index (χ0) is 20.1. The standard InChI is InChI=1S/C22H23BClNO3/c1-15(2)19-10-11-23(27)28-22(19)9-7-17(21-5-3-4-12-25-21)13-16-6-8-18(26)14-20(16)24/h3-6,8,10,12-14,22,26-27H,1,7,9,11H2,2H3/b17-13-. The molecule has 2 heterocycles. The molecule has 1 atom stereocenters. The van der Waals surface area contributed by atoms with E-state index in [1.54, 1.807) is 18.3 Å². The van der Waals surface area contributed by atoms with Crippen LogP contribution in [0.5, 0.6) is 5.75 Å². The lowest BCUT2D eigenvalue weighted by Crippen LogP contribution is -2.31. The molecule has 0 saturated carbocycles. The Morgan fingerprint density at radius 1 is 1.39 bits per heavy atom. The highest BCUT2D eigenvalue weighted by Crippen LogP contribution is 2.31. The minimum atomic E-state index is -0.790. The van der Waals surface area contributed by atoms with Crippen LogP contribution in [0.4, 0.5) is 0 Å². The fourth-order valence-electron chi connectivity index (χ4n) is 3.28. The molecule has 1 aromatic carbocycles. The monoisotopic (exact) mass is 395 g/mol. The summed E-state index contributed by atoms with van der Waals surface area (Å²) in [5, 5.41) is 20.0. The Balaban J connectivity index is 1.88. The van der Waals surface area contributed by atoms with E-state index in [0.717, 1.165) is 28.0 Å². The van der Waals surface area contributed by atoms with Crippen molar-refractivity contribution in [2.75, 3.05) is 0 Å². The molecule has 0 amide bonds. The molecule has 0 spiro atoms. The van der Waals surface area contributed by atoms with Gasteiger partial charge in [-0.15, -0.1) is 0 Å². The van der Waals surface area contributed by atoms with Gasteiger partial charge in [0.25, 0.3) is 0 Å². The molecule has 4 nitrogen and oxygen atoms in total. The Morgan fingerprint density at radius 3 is 2.89 bits per heavy atom. The third-order valence-electron chi connectivity index (χ3n) is 4.68. The second kappa shape index (κ2) is 9.24. The van der Waals surface area contributed by atoms with E-state index in [4.69, 9.17) is 16.3 Å². The van der Waals surface area contributed by atoms with E-state index >= 15 is 0 Å². The summed E-state index contributed by atoms with van der Waals surface area (Å²) in [5.74, 6) is 0.127. The van der Waals surface area contributed by atoms with E-state index in [1.807, 2.05) is 37.3 Å². The van der Waals surface area contributed by atoms with Crippen LogP contribution in [-0.2, 0) is 4.65 Å². The summed E-state index contributed by atoms with van der Waals surface area (Å²) in [6, 6.07) is 10.7. The van der Waals surface area contributed by atoms with Crippen molar-refractivity contribution in [3.05, 3.63) is 82.7 Å². The highest BCUT2D eigenvalue weighted by molar-refractivity contribution is 6.43. The van der Waals surface area contributed by atoms with Gasteiger partial charge < -0.3 is 14.8 Å². The lowest BCUT2D eigenvalue weighted by molar-refractivity contribution is 0.184. The second-order valence-corrected chi connectivity index (χ2v) is 7.29. The topological polar surface area (TPSA) is 62.6 Å². The van der Waals surface area contributed by atoms with Crippen LogP contribution in [0.2, 0.25) is 11.3 Å². The molecular formula is C22H23BClNO3. The number of rotatable bonds is 6. The number of benzene rings is 1. The Bertz CT molecular complexity index is 911. The number of allylic oxidation sites excluding steroid dienone is 2. The van der Waals surface area contributed by atoms with Crippen LogP contribution in [0.15, 0.2) is 66.4 Å². The quantitative estimate of drug-likeness (QED) is 0.665. The van der Waals surface area contributed by atoms with Gasteiger partial charge in [-0.3, -0.25) is 4.98 Å². The first-order valence-corrected chi connectivity index (χ1v) is 9.62. The maximum Gasteiger partial charge on any atom is 0.458 e. The average Bonchev–Trinajstić information content (AvgIpc) is 2.67. The van der Waals surface area contributed by atoms with Crippen molar-refractivity contribution in [1.29, 1.82) is 0 Å². The fraction of sp³-hybridized carbons (Fsp3) is 0.227. The molecule has 0 fully saturated rings. The predicted molar refractivity (Wildman–Crippen MR) is 115 cm³/mol. The van der Waals surface area contributed by atoms with Crippen molar-refractivity contribution >= 4 is 30.4 Å². The fourth-order valence-corrected chi connectivity index (χ4v) is 3.51.